The minimum absolute atomic E-state index is 0.249. The number of rotatable bonds is 8. The number of hydrogen-bond acceptors (Lipinski definition) is 2. The zero-order valence-electron chi connectivity index (χ0n) is 21.8. The van der Waals surface area contributed by atoms with Crippen molar-refractivity contribution in [3.63, 3.8) is 0 Å². The molecule has 192 valence electrons. The molecule has 6 rings (SSSR count). The fraction of sp³-hybridized carbons (Fsp3) is 0.235. The van der Waals surface area contributed by atoms with E-state index in [2.05, 4.69) is 125 Å². The second kappa shape index (κ2) is 11.1. The van der Waals surface area contributed by atoms with Gasteiger partial charge in [0.1, 0.15) is 0 Å². The molecule has 1 heterocycles. The van der Waals surface area contributed by atoms with Crippen molar-refractivity contribution in [2.45, 2.75) is 51.1 Å². The van der Waals surface area contributed by atoms with Gasteiger partial charge in [-0.1, -0.05) is 0 Å². The maximum atomic E-state index is 7.11. The van der Waals surface area contributed by atoms with E-state index in [4.69, 9.17) is 9.05 Å². The molecule has 0 amide bonds. The summed E-state index contributed by atoms with van der Waals surface area (Å²) in [5.41, 5.74) is 3.85. The van der Waals surface area contributed by atoms with E-state index in [-0.39, 0.29) is 5.66 Å². The van der Waals surface area contributed by atoms with Crippen LogP contribution in [0.4, 0.5) is 0 Å². The molecule has 0 fully saturated rings. The molecule has 0 radical (unpaired) electrons. The van der Waals surface area contributed by atoms with Crippen molar-refractivity contribution in [2.24, 2.45) is 0 Å². The van der Waals surface area contributed by atoms with E-state index in [9.17, 15) is 0 Å². The Morgan fingerprint density at radius 2 is 1.18 bits per heavy atom. The average Bonchev–Trinajstić information content (AvgIpc) is 3.09. The SMILES string of the molecule is CCCCCC[C@@H](Cc1ccccc1)P1(=[Se])Oc2ccc3ccccc3c2-c2c(ccc3ccccc23)O1. The molecule has 38 heavy (non-hydrogen) atoms. The Morgan fingerprint density at radius 3 is 1.76 bits per heavy atom. The number of benzene rings is 5. The van der Waals surface area contributed by atoms with Gasteiger partial charge in [0.15, 0.2) is 0 Å². The van der Waals surface area contributed by atoms with Crippen LogP contribution in [-0.4, -0.2) is 20.8 Å². The molecule has 0 aliphatic carbocycles. The van der Waals surface area contributed by atoms with E-state index in [0.717, 1.165) is 35.5 Å². The summed E-state index contributed by atoms with van der Waals surface area (Å²) in [5, 5.41) is 4.81. The third-order valence-corrected chi connectivity index (χ3v) is 12.7. The fourth-order valence-corrected chi connectivity index (χ4v) is 9.94. The second-order valence-electron chi connectivity index (χ2n) is 10.2. The van der Waals surface area contributed by atoms with Crippen LogP contribution >= 0.6 is 5.96 Å². The Bertz CT molecular complexity index is 1540. The van der Waals surface area contributed by atoms with Crippen molar-refractivity contribution >= 4 is 42.6 Å². The first-order valence-corrected chi connectivity index (χ1v) is 17.6. The molecule has 1 aliphatic heterocycles. The molecule has 1 aliphatic rings. The first-order valence-electron chi connectivity index (χ1n) is 13.7. The molecule has 0 bridgehead atoms. The van der Waals surface area contributed by atoms with Gasteiger partial charge < -0.3 is 0 Å². The Balaban J connectivity index is 1.53. The van der Waals surface area contributed by atoms with Crippen LogP contribution in [0.15, 0.2) is 103 Å². The van der Waals surface area contributed by atoms with Crippen LogP contribution in [0.2, 0.25) is 0 Å². The standard InChI is InChI=1S/C34H33O2PSe/c1-2-3-4-8-17-28(24-25-13-6-5-7-14-25)37(38)35-31-22-20-26-15-9-11-18-29(26)33(31)34-30-19-12-10-16-27(30)21-23-32(34)36-37/h5-7,9-16,18-23,28H,2-4,8,17,24H2,1H3/t28-/m0/s1. The van der Waals surface area contributed by atoms with Gasteiger partial charge in [0.05, 0.1) is 0 Å². The molecule has 1 atom stereocenters. The molecule has 5 aromatic carbocycles. The molecule has 0 spiro atoms. The summed E-state index contributed by atoms with van der Waals surface area (Å²) in [7, 11) is 0. The van der Waals surface area contributed by atoms with Crippen LogP contribution in [0.3, 0.4) is 0 Å². The second-order valence-corrected chi connectivity index (χ2v) is 15.6. The van der Waals surface area contributed by atoms with Gasteiger partial charge in [-0.2, -0.15) is 0 Å². The van der Waals surface area contributed by atoms with Crippen LogP contribution in [0, 0.1) is 0 Å². The summed E-state index contributed by atoms with van der Waals surface area (Å²) < 4.78 is 14.2. The monoisotopic (exact) mass is 584 g/mol. The van der Waals surface area contributed by atoms with E-state index in [1.807, 2.05) is 0 Å². The van der Waals surface area contributed by atoms with Gasteiger partial charge in [0, 0.05) is 0 Å². The average molecular weight is 584 g/mol. The number of unbranched alkanes of at least 4 members (excludes halogenated alkanes) is 3. The molecule has 0 aromatic heterocycles. The zero-order chi connectivity index (χ0) is 26.0. The van der Waals surface area contributed by atoms with E-state index >= 15 is 0 Å². The third-order valence-electron chi connectivity index (χ3n) is 7.64. The fourth-order valence-electron chi connectivity index (χ4n) is 5.68. The van der Waals surface area contributed by atoms with Crippen LogP contribution in [0.25, 0.3) is 32.7 Å². The molecule has 4 heteroatoms. The van der Waals surface area contributed by atoms with Gasteiger partial charge in [-0.15, -0.1) is 0 Å². The summed E-state index contributed by atoms with van der Waals surface area (Å²) in [6.07, 6.45) is 6.92. The Kier molecular flexibility index (Phi) is 7.44. The normalized spacial score (nSPS) is 14.7. The first-order chi connectivity index (χ1) is 18.7. The molecule has 0 saturated carbocycles. The summed E-state index contributed by atoms with van der Waals surface area (Å²) in [4.78, 5) is 0. The minimum atomic E-state index is -2.48. The van der Waals surface area contributed by atoms with Gasteiger partial charge in [0.25, 0.3) is 0 Å². The summed E-state index contributed by atoms with van der Waals surface area (Å²) in [6.45, 7) is 2.27. The molecule has 2 nitrogen and oxygen atoms in total. The van der Waals surface area contributed by atoms with Gasteiger partial charge in [0.2, 0.25) is 0 Å². The van der Waals surface area contributed by atoms with Crippen LogP contribution in [0.1, 0.15) is 44.6 Å². The van der Waals surface area contributed by atoms with Crippen molar-refractivity contribution in [2.75, 3.05) is 0 Å². The van der Waals surface area contributed by atoms with Gasteiger partial charge in [-0.25, -0.2) is 0 Å². The third kappa shape index (κ3) is 4.96. The molecular formula is C34H33O2PSe. The quantitative estimate of drug-likeness (QED) is 0.103. The van der Waals surface area contributed by atoms with Crippen LogP contribution in [-0.2, 0) is 6.42 Å². The summed E-state index contributed by atoms with van der Waals surface area (Å²) in [6, 6.07) is 36.7. The van der Waals surface area contributed by atoms with E-state index < -0.39 is 5.96 Å². The van der Waals surface area contributed by atoms with Gasteiger partial charge >= 0.3 is 234 Å². The van der Waals surface area contributed by atoms with Crippen molar-refractivity contribution < 1.29 is 9.05 Å². The molecule has 5 aromatic rings. The molecule has 0 saturated heterocycles. The summed E-state index contributed by atoms with van der Waals surface area (Å²) in [5.74, 6) is -0.648. The Labute approximate surface area is 233 Å². The summed E-state index contributed by atoms with van der Waals surface area (Å²) >= 11 is 3.54. The maximum absolute atomic E-state index is 7.11. The predicted molar refractivity (Wildman–Crippen MR) is 164 cm³/mol. The van der Waals surface area contributed by atoms with Crippen LogP contribution in [0.5, 0.6) is 11.5 Å². The van der Waals surface area contributed by atoms with Crippen molar-refractivity contribution in [3.05, 3.63) is 109 Å². The zero-order valence-corrected chi connectivity index (χ0v) is 24.4. The van der Waals surface area contributed by atoms with Gasteiger partial charge in [-0.05, 0) is 0 Å². The van der Waals surface area contributed by atoms with Crippen LogP contribution < -0.4 is 9.05 Å². The van der Waals surface area contributed by atoms with E-state index in [1.165, 1.54) is 52.8 Å². The van der Waals surface area contributed by atoms with Gasteiger partial charge in [-0.3, -0.25) is 0 Å². The van der Waals surface area contributed by atoms with Crippen molar-refractivity contribution in [1.82, 2.24) is 0 Å². The number of hydrogen-bond donors (Lipinski definition) is 0. The topological polar surface area (TPSA) is 18.5 Å². The van der Waals surface area contributed by atoms with E-state index in [1.54, 1.807) is 0 Å². The predicted octanol–water partition coefficient (Wildman–Crippen LogP) is 9.94. The molecule has 0 N–H and O–H groups in total. The first kappa shape index (κ1) is 25.4. The van der Waals surface area contributed by atoms with Crippen molar-refractivity contribution in [1.29, 1.82) is 0 Å². The molecular weight excluding hydrogens is 550 g/mol. The Hall–Kier alpha value is -2.83. The number of fused-ring (bicyclic) bond motifs is 7. The molecule has 0 unspecified atom stereocenters. The van der Waals surface area contributed by atoms with E-state index in [0.29, 0.717) is 0 Å². The van der Waals surface area contributed by atoms with Crippen molar-refractivity contribution in [3.8, 4) is 22.6 Å². The Morgan fingerprint density at radius 1 is 0.632 bits per heavy atom.